The monoisotopic (exact) mass is 206 g/mol. The lowest BCUT2D eigenvalue weighted by molar-refractivity contribution is -0.130. The van der Waals surface area contributed by atoms with Crippen LogP contribution in [0.3, 0.4) is 0 Å². The molecule has 0 radical (unpaired) electrons. The van der Waals surface area contributed by atoms with E-state index < -0.39 is 0 Å². The van der Waals surface area contributed by atoms with E-state index in [0.29, 0.717) is 11.3 Å². The zero-order valence-electron chi connectivity index (χ0n) is 8.86. The Hall–Kier alpha value is -1.77. The molecule has 80 valence electrons. The molecule has 3 nitrogen and oxygen atoms in total. The lowest BCUT2D eigenvalue weighted by Crippen LogP contribution is -2.08. The summed E-state index contributed by atoms with van der Waals surface area (Å²) in [6, 6.07) is 6.04. The van der Waals surface area contributed by atoms with Gasteiger partial charge in [0.05, 0.1) is 0 Å². The van der Waals surface area contributed by atoms with Gasteiger partial charge in [0.1, 0.15) is 11.5 Å². The Bertz CT molecular complexity index is 363. The van der Waals surface area contributed by atoms with Gasteiger partial charge in [-0.1, -0.05) is 13.0 Å². The molecule has 0 saturated heterocycles. The van der Waals surface area contributed by atoms with Crippen molar-refractivity contribution < 1.29 is 14.6 Å². The van der Waals surface area contributed by atoms with Crippen LogP contribution in [0.25, 0.3) is 0 Å². The third-order valence-electron chi connectivity index (χ3n) is 1.88. The lowest BCUT2D eigenvalue weighted by atomic mass is 10.2. The van der Waals surface area contributed by atoms with Gasteiger partial charge in [-0.2, -0.15) is 0 Å². The van der Waals surface area contributed by atoms with Crippen LogP contribution in [0.1, 0.15) is 20.3 Å². The number of hydrogen-bond donors (Lipinski definition) is 1. The Morgan fingerprint density at radius 1 is 1.40 bits per heavy atom. The van der Waals surface area contributed by atoms with Crippen molar-refractivity contribution in [3.8, 4) is 11.5 Å². The van der Waals surface area contributed by atoms with Crippen molar-refractivity contribution in [2.45, 2.75) is 20.3 Å². The molecule has 0 amide bonds. The number of ether oxygens (including phenoxy) is 1. The van der Waals surface area contributed by atoms with Crippen LogP contribution in [0.15, 0.2) is 35.9 Å². The van der Waals surface area contributed by atoms with Crippen molar-refractivity contribution in [3.63, 3.8) is 0 Å². The fraction of sp³-hybridized carbons (Fsp3) is 0.250. The van der Waals surface area contributed by atoms with E-state index in [4.69, 9.17) is 9.84 Å². The minimum Gasteiger partial charge on any atom is -0.508 e. The number of hydrogen-bond acceptors (Lipinski definition) is 3. The molecule has 1 aromatic carbocycles. The summed E-state index contributed by atoms with van der Waals surface area (Å²) < 4.78 is 5.07. The first-order valence-corrected chi connectivity index (χ1v) is 4.81. The Balaban J connectivity index is 2.66. The summed E-state index contributed by atoms with van der Waals surface area (Å²) in [6.07, 6.45) is 2.61. The predicted molar refractivity (Wildman–Crippen MR) is 57.8 cm³/mol. The average Bonchev–Trinajstić information content (AvgIpc) is 2.22. The lowest BCUT2D eigenvalue weighted by Gasteiger charge is -2.03. The van der Waals surface area contributed by atoms with Crippen LogP contribution in [-0.2, 0) is 4.79 Å². The SMILES string of the molecule is CCC=C(C)C(=O)Oc1ccc(O)cc1. The van der Waals surface area contributed by atoms with Crippen LogP contribution in [0.2, 0.25) is 0 Å². The van der Waals surface area contributed by atoms with Crippen LogP contribution in [0.5, 0.6) is 11.5 Å². The van der Waals surface area contributed by atoms with Crippen LogP contribution < -0.4 is 4.74 Å². The molecule has 0 unspecified atom stereocenters. The molecular formula is C12H14O3. The second-order valence-corrected chi connectivity index (χ2v) is 3.18. The molecule has 0 aliphatic rings. The highest BCUT2D eigenvalue weighted by atomic mass is 16.5. The summed E-state index contributed by atoms with van der Waals surface area (Å²) in [6.45, 7) is 3.67. The van der Waals surface area contributed by atoms with Gasteiger partial charge < -0.3 is 9.84 Å². The van der Waals surface area contributed by atoms with Crippen molar-refractivity contribution in [1.29, 1.82) is 0 Å². The summed E-state index contributed by atoms with van der Waals surface area (Å²) in [7, 11) is 0. The molecule has 0 spiro atoms. The van der Waals surface area contributed by atoms with Crippen molar-refractivity contribution >= 4 is 5.97 Å². The molecule has 0 aliphatic heterocycles. The zero-order valence-corrected chi connectivity index (χ0v) is 8.86. The van der Waals surface area contributed by atoms with Gasteiger partial charge in [0.15, 0.2) is 0 Å². The van der Waals surface area contributed by atoms with Crippen molar-refractivity contribution in [2.75, 3.05) is 0 Å². The van der Waals surface area contributed by atoms with Gasteiger partial charge in [0, 0.05) is 5.57 Å². The molecule has 3 heteroatoms. The fourth-order valence-corrected chi connectivity index (χ4v) is 1.09. The number of esters is 1. The van der Waals surface area contributed by atoms with Crippen LogP contribution in [-0.4, -0.2) is 11.1 Å². The smallest absolute Gasteiger partial charge is 0.338 e. The second kappa shape index (κ2) is 5.20. The van der Waals surface area contributed by atoms with Gasteiger partial charge in [-0.25, -0.2) is 4.79 Å². The minimum absolute atomic E-state index is 0.149. The number of rotatable bonds is 3. The van der Waals surface area contributed by atoms with E-state index in [-0.39, 0.29) is 11.7 Å². The third-order valence-corrected chi connectivity index (χ3v) is 1.88. The predicted octanol–water partition coefficient (Wildman–Crippen LogP) is 2.65. The van der Waals surface area contributed by atoms with Crippen LogP contribution in [0.4, 0.5) is 0 Å². The summed E-state index contributed by atoms with van der Waals surface area (Å²) in [5, 5.41) is 9.03. The van der Waals surface area contributed by atoms with E-state index in [2.05, 4.69) is 0 Å². The van der Waals surface area contributed by atoms with Gasteiger partial charge in [0.25, 0.3) is 0 Å². The summed E-state index contributed by atoms with van der Waals surface area (Å²) in [5.41, 5.74) is 0.588. The maximum atomic E-state index is 11.4. The second-order valence-electron chi connectivity index (χ2n) is 3.18. The fourth-order valence-electron chi connectivity index (χ4n) is 1.09. The molecule has 0 atom stereocenters. The molecule has 0 aliphatic carbocycles. The maximum Gasteiger partial charge on any atom is 0.338 e. The molecule has 15 heavy (non-hydrogen) atoms. The largest absolute Gasteiger partial charge is 0.508 e. The first-order chi connectivity index (χ1) is 7.13. The number of phenolic OH excluding ortho intramolecular Hbond substituents is 1. The molecule has 1 rings (SSSR count). The quantitative estimate of drug-likeness (QED) is 0.470. The summed E-state index contributed by atoms with van der Waals surface area (Å²) in [5.74, 6) is 0.222. The zero-order chi connectivity index (χ0) is 11.3. The van der Waals surface area contributed by atoms with Crippen molar-refractivity contribution in [3.05, 3.63) is 35.9 Å². The van der Waals surface area contributed by atoms with E-state index in [9.17, 15) is 4.79 Å². The molecule has 1 aromatic rings. The van der Waals surface area contributed by atoms with E-state index >= 15 is 0 Å². The normalized spacial score (nSPS) is 11.2. The highest BCUT2D eigenvalue weighted by Gasteiger charge is 2.06. The molecule has 0 fully saturated rings. The van der Waals surface area contributed by atoms with E-state index in [1.54, 1.807) is 19.1 Å². The molecule has 0 bridgehead atoms. The molecule has 0 saturated carbocycles. The number of allylic oxidation sites excluding steroid dienone is 1. The number of carbonyl (C=O) groups is 1. The first-order valence-electron chi connectivity index (χ1n) is 4.81. The van der Waals surface area contributed by atoms with E-state index in [1.807, 2.05) is 13.0 Å². The van der Waals surface area contributed by atoms with Gasteiger partial charge in [-0.3, -0.25) is 0 Å². The molecule has 1 N–H and O–H groups in total. The third kappa shape index (κ3) is 3.46. The van der Waals surface area contributed by atoms with Gasteiger partial charge >= 0.3 is 5.97 Å². The highest BCUT2D eigenvalue weighted by Crippen LogP contribution is 2.16. The number of carbonyl (C=O) groups excluding carboxylic acids is 1. The molecular weight excluding hydrogens is 192 g/mol. The van der Waals surface area contributed by atoms with Crippen LogP contribution in [0, 0.1) is 0 Å². The maximum absolute atomic E-state index is 11.4. The van der Waals surface area contributed by atoms with Gasteiger partial charge in [0.2, 0.25) is 0 Å². The molecule has 0 heterocycles. The average molecular weight is 206 g/mol. The Morgan fingerprint density at radius 3 is 2.53 bits per heavy atom. The summed E-state index contributed by atoms with van der Waals surface area (Å²) >= 11 is 0. The number of phenols is 1. The number of benzene rings is 1. The van der Waals surface area contributed by atoms with Gasteiger partial charge in [-0.15, -0.1) is 0 Å². The standard InChI is InChI=1S/C12H14O3/c1-3-4-9(2)12(14)15-11-7-5-10(13)6-8-11/h4-8,13H,3H2,1-2H3. The van der Waals surface area contributed by atoms with Crippen LogP contribution >= 0.6 is 0 Å². The first kappa shape index (κ1) is 11.3. The molecule has 0 aromatic heterocycles. The Labute approximate surface area is 89.0 Å². The van der Waals surface area contributed by atoms with E-state index in [1.165, 1.54) is 12.1 Å². The Morgan fingerprint density at radius 2 is 2.00 bits per heavy atom. The minimum atomic E-state index is -0.359. The van der Waals surface area contributed by atoms with Crippen molar-refractivity contribution in [1.82, 2.24) is 0 Å². The van der Waals surface area contributed by atoms with Gasteiger partial charge in [-0.05, 0) is 37.6 Å². The van der Waals surface area contributed by atoms with E-state index in [0.717, 1.165) is 6.42 Å². The Kier molecular flexibility index (Phi) is 3.92. The topological polar surface area (TPSA) is 46.5 Å². The highest BCUT2D eigenvalue weighted by molar-refractivity contribution is 5.89. The summed E-state index contributed by atoms with van der Waals surface area (Å²) in [4.78, 5) is 11.4. The van der Waals surface area contributed by atoms with Crippen molar-refractivity contribution in [2.24, 2.45) is 0 Å². The number of aromatic hydroxyl groups is 1.